The fraction of sp³-hybridized carbons (Fsp3) is 0.741. The molecule has 1 aromatic rings. The number of hydrogen-bond acceptors (Lipinski definition) is 5. The predicted molar refractivity (Wildman–Crippen MR) is 137 cm³/mol. The number of thioether (sulfide) groups is 1. The number of carbonyl (C=O) groups is 1. The van der Waals surface area contributed by atoms with Gasteiger partial charge in [-0.3, -0.25) is 4.79 Å². The van der Waals surface area contributed by atoms with Gasteiger partial charge < -0.3 is 19.7 Å². The minimum absolute atomic E-state index is 0.139. The summed E-state index contributed by atoms with van der Waals surface area (Å²) in [5.41, 5.74) is 1.20. The average molecular weight is 475 g/mol. The van der Waals surface area contributed by atoms with Gasteiger partial charge in [-0.25, -0.2) is 0 Å². The van der Waals surface area contributed by atoms with E-state index in [2.05, 4.69) is 34.1 Å². The van der Waals surface area contributed by atoms with Crippen LogP contribution in [0.3, 0.4) is 0 Å². The van der Waals surface area contributed by atoms with Gasteiger partial charge in [0, 0.05) is 24.3 Å². The smallest absolute Gasteiger partial charge is 0.220 e. The van der Waals surface area contributed by atoms with Crippen LogP contribution in [0, 0.1) is 0 Å². The van der Waals surface area contributed by atoms with Gasteiger partial charge >= 0.3 is 0 Å². The van der Waals surface area contributed by atoms with Gasteiger partial charge in [-0.15, -0.1) is 0 Å². The summed E-state index contributed by atoms with van der Waals surface area (Å²) in [6, 6.07) is 6.34. The van der Waals surface area contributed by atoms with E-state index in [1.165, 1.54) is 62.7 Å². The molecule has 2 heterocycles. The van der Waals surface area contributed by atoms with Crippen LogP contribution < -0.4 is 14.8 Å². The van der Waals surface area contributed by atoms with Crippen molar-refractivity contribution in [3.05, 3.63) is 23.8 Å². The van der Waals surface area contributed by atoms with Crippen LogP contribution >= 0.6 is 11.8 Å². The molecule has 1 amide bonds. The summed E-state index contributed by atoms with van der Waals surface area (Å²) in [4.78, 5) is 15.2. The summed E-state index contributed by atoms with van der Waals surface area (Å²) in [5, 5.41) is 4.25. The Morgan fingerprint density at radius 1 is 1.00 bits per heavy atom. The Balaban J connectivity index is 1.19. The number of nitrogens with one attached hydrogen (secondary N) is 1. The van der Waals surface area contributed by atoms with Gasteiger partial charge in [0.15, 0.2) is 11.5 Å². The number of amides is 1. The van der Waals surface area contributed by atoms with Gasteiger partial charge in [0.05, 0.1) is 0 Å². The van der Waals surface area contributed by atoms with Gasteiger partial charge in [-0.1, -0.05) is 31.7 Å². The SMILES string of the molecule is O=C(CCCCCSC1CCCCC1)NC(Cc1ccc2c(c1)OCCO2)CN1CCCC1. The maximum absolute atomic E-state index is 12.8. The van der Waals surface area contributed by atoms with Gasteiger partial charge in [0.2, 0.25) is 5.91 Å². The number of unbranched alkanes of at least 4 members (excludes halogenated alkanes) is 2. The molecule has 1 saturated carbocycles. The van der Waals surface area contributed by atoms with E-state index in [9.17, 15) is 4.79 Å². The number of rotatable bonds is 12. The van der Waals surface area contributed by atoms with Crippen LogP contribution in [0.5, 0.6) is 11.5 Å². The first-order valence-electron chi connectivity index (χ1n) is 13.3. The molecule has 0 aromatic heterocycles. The third kappa shape index (κ3) is 8.40. The van der Waals surface area contributed by atoms with Crippen LogP contribution in [0.1, 0.15) is 76.2 Å². The van der Waals surface area contributed by atoms with Crippen molar-refractivity contribution in [3.8, 4) is 11.5 Å². The Morgan fingerprint density at radius 2 is 1.79 bits per heavy atom. The monoisotopic (exact) mass is 474 g/mol. The van der Waals surface area contributed by atoms with Crippen LogP contribution in [0.25, 0.3) is 0 Å². The molecule has 0 spiro atoms. The normalized spacial score (nSPS) is 20.0. The molecule has 1 saturated heterocycles. The molecule has 1 N–H and O–H groups in total. The second kappa shape index (κ2) is 13.5. The van der Waals surface area contributed by atoms with E-state index in [4.69, 9.17) is 9.47 Å². The molecular formula is C27H42N2O3S. The Labute approximate surface area is 204 Å². The van der Waals surface area contributed by atoms with E-state index in [-0.39, 0.29) is 11.9 Å². The number of ether oxygens (including phenoxy) is 2. The van der Waals surface area contributed by atoms with Crippen LogP contribution in [-0.2, 0) is 11.2 Å². The zero-order valence-corrected chi connectivity index (χ0v) is 21.0. The number of carbonyl (C=O) groups excluding carboxylic acids is 1. The van der Waals surface area contributed by atoms with Crippen molar-refractivity contribution in [1.29, 1.82) is 0 Å². The van der Waals surface area contributed by atoms with Gasteiger partial charge in [-0.2, -0.15) is 11.8 Å². The number of hydrogen-bond donors (Lipinski definition) is 1. The summed E-state index contributed by atoms with van der Waals surface area (Å²) < 4.78 is 11.4. The minimum atomic E-state index is 0.139. The molecule has 1 unspecified atom stereocenters. The van der Waals surface area contributed by atoms with Crippen molar-refractivity contribution in [2.24, 2.45) is 0 Å². The van der Waals surface area contributed by atoms with E-state index in [1.807, 2.05) is 6.07 Å². The van der Waals surface area contributed by atoms with Crippen molar-refractivity contribution in [2.75, 3.05) is 38.6 Å². The molecule has 33 heavy (non-hydrogen) atoms. The molecule has 4 rings (SSSR count). The van der Waals surface area contributed by atoms with Gasteiger partial charge in [-0.05, 0) is 81.5 Å². The van der Waals surface area contributed by atoms with Crippen molar-refractivity contribution < 1.29 is 14.3 Å². The molecule has 0 radical (unpaired) electrons. The molecule has 3 aliphatic rings. The number of benzene rings is 1. The first-order chi connectivity index (χ1) is 16.3. The van der Waals surface area contributed by atoms with E-state index in [0.717, 1.165) is 55.6 Å². The van der Waals surface area contributed by atoms with E-state index in [0.29, 0.717) is 19.6 Å². The average Bonchev–Trinajstić information content (AvgIpc) is 3.35. The molecule has 1 atom stereocenters. The van der Waals surface area contributed by atoms with Crippen molar-refractivity contribution in [2.45, 2.75) is 88.3 Å². The number of nitrogens with zero attached hydrogens (tertiary/aromatic N) is 1. The first kappa shape index (κ1) is 24.7. The topological polar surface area (TPSA) is 50.8 Å². The van der Waals surface area contributed by atoms with Gasteiger partial charge in [0.1, 0.15) is 13.2 Å². The highest BCUT2D eigenvalue weighted by Crippen LogP contribution is 2.31. The highest BCUT2D eigenvalue weighted by molar-refractivity contribution is 7.99. The largest absolute Gasteiger partial charge is 0.486 e. The summed E-state index contributed by atoms with van der Waals surface area (Å²) in [7, 11) is 0. The van der Waals surface area contributed by atoms with Crippen molar-refractivity contribution >= 4 is 17.7 Å². The van der Waals surface area contributed by atoms with Crippen LogP contribution in [0.15, 0.2) is 18.2 Å². The Hall–Kier alpha value is -1.40. The summed E-state index contributed by atoms with van der Waals surface area (Å²) in [6.45, 7) is 4.43. The third-order valence-electron chi connectivity index (χ3n) is 7.08. The lowest BCUT2D eigenvalue weighted by atomic mass is 10.0. The molecule has 2 aliphatic heterocycles. The van der Waals surface area contributed by atoms with Crippen molar-refractivity contribution in [3.63, 3.8) is 0 Å². The Kier molecular flexibility index (Phi) is 10.1. The fourth-order valence-electron chi connectivity index (χ4n) is 5.28. The second-order valence-electron chi connectivity index (χ2n) is 9.90. The van der Waals surface area contributed by atoms with E-state index in [1.54, 1.807) is 0 Å². The zero-order chi connectivity index (χ0) is 22.7. The molecule has 0 bridgehead atoms. The van der Waals surface area contributed by atoms with E-state index >= 15 is 0 Å². The maximum Gasteiger partial charge on any atom is 0.220 e. The standard InChI is InChI=1S/C27H42N2O3S/c30-27(11-5-2-8-18-33-24-9-3-1-4-10-24)28-23(21-29-14-6-7-15-29)19-22-12-13-25-26(20-22)32-17-16-31-25/h12-13,20,23-24H,1-11,14-19,21H2,(H,28,30). The lowest BCUT2D eigenvalue weighted by molar-refractivity contribution is -0.122. The molecule has 1 aliphatic carbocycles. The molecule has 184 valence electrons. The molecule has 1 aromatic carbocycles. The van der Waals surface area contributed by atoms with Crippen molar-refractivity contribution in [1.82, 2.24) is 10.2 Å². The minimum Gasteiger partial charge on any atom is -0.486 e. The summed E-state index contributed by atoms with van der Waals surface area (Å²) in [6.07, 6.45) is 14.5. The fourth-order valence-corrected chi connectivity index (χ4v) is 6.65. The first-order valence-corrected chi connectivity index (χ1v) is 14.3. The highest BCUT2D eigenvalue weighted by Gasteiger charge is 2.21. The molecule has 2 fully saturated rings. The van der Waals surface area contributed by atoms with E-state index < -0.39 is 0 Å². The number of fused-ring (bicyclic) bond motifs is 1. The lowest BCUT2D eigenvalue weighted by Gasteiger charge is -2.25. The summed E-state index contributed by atoms with van der Waals surface area (Å²) in [5.74, 6) is 3.12. The summed E-state index contributed by atoms with van der Waals surface area (Å²) >= 11 is 2.17. The zero-order valence-electron chi connectivity index (χ0n) is 20.2. The maximum atomic E-state index is 12.8. The Bertz CT molecular complexity index is 732. The second-order valence-corrected chi connectivity index (χ2v) is 11.3. The predicted octanol–water partition coefficient (Wildman–Crippen LogP) is 5.21. The van der Waals surface area contributed by atoms with Crippen LogP contribution in [0.4, 0.5) is 0 Å². The lowest BCUT2D eigenvalue weighted by Crippen LogP contribution is -2.44. The third-order valence-corrected chi connectivity index (χ3v) is 8.55. The van der Waals surface area contributed by atoms with Gasteiger partial charge in [0.25, 0.3) is 0 Å². The van der Waals surface area contributed by atoms with Crippen LogP contribution in [-0.4, -0.2) is 60.7 Å². The van der Waals surface area contributed by atoms with Crippen LogP contribution in [0.2, 0.25) is 0 Å². The molecule has 5 nitrogen and oxygen atoms in total. The quantitative estimate of drug-likeness (QED) is 0.422. The number of likely N-dealkylation sites (tertiary alicyclic amines) is 1. The molecular weight excluding hydrogens is 432 g/mol. The Morgan fingerprint density at radius 3 is 2.61 bits per heavy atom. The molecule has 6 heteroatoms. The highest BCUT2D eigenvalue weighted by atomic mass is 32.2.